The molecule has 7 nitrogen and oxygen atoms in total. The Labute approximate surface area is 135 Å². The first-order chi connectivity index (χ1) is 10.8. The minimum atomic E-state index is -0.631. The minimum Gasteiger partial charge on any atom is -0.366 e. The maximum absolute atomic E-state index is 11.9. The third-order valence-electron chi connectivity index (χ3n) is 3.16. The number of amides is 3. The fraction of sp³-hybridized carbons (Fsp3) is 0.312. The van der Waals surface area contributed by atoms with Crippen LogP contribution in [-0.4, -0.2) is 42.8 Å². The number of carbonyl (C=O) groups is 3. The summed E-state index contributed by atoms with van der Waals surface area (Å²) in [5, 5.41) is 0. The van der Waals surface area contributed by atoms with Crippen LogP contribution in [-0.2, 0) is 9.63 Å². The smallest absolute Gasteiger partial charge is 0.274 e. The number of hydrogen-bond donors (Lipinski definition) is 2. The fourth-order valence-electron chi connectivity index (χ4n) is 1.75. The second-order valence-corrected chi connectivity index (χ2v) is 5.15. The predicted molar refractivity (Wildman–Crippen MR) is 85.4 cm³/mol. The number of hydroxylamine groups is 1. The van der Waals surface area contributed by atoms with Crippen LogP contribution < -0.4 is 11.2 Å². The van der Waals surface area contributed by atoms with Gasteiger partial charge in [0.15, 0.2) is 6.61 Å². The standard InChI is InChI=1S/C16H21N3O4/c1-4-11(2)9-19(3)14(20)10-23-18-16(22)13-7-5-6-12(8-13)15(17)21/h4-8,11H,1,9-10H2,2-3H3,(H2,17,21)(H,18,22). The quantitative estimate of drug-likeness (QED) is 0.544. The lowest BCUT2D eigenvalue weighted by atomic mass is 10.1. The first kappa shape index (κ1) is 18.4. The number of benzene rings is 1. The second-order valence-electron chi connectivity index (χ2n) is 5.15. The zero-order valence-corrected chi connectivity index (χ0v) is 13.2. The third-order valence-corrected chi connectivity index (χ3v) is 3.16. The van der Waals surface area contributed by atoms with Gasteiger partial charge in [-0.05, 0) is 24.1 Å². The number of carbonyl (C=O) groups excluding carboxylic acids is 3. The van der Waals surface area contributed by atoms with E-state index >= 15 is 0 Å². The van der Waals surface area contributed by atoms with Gasteiger partial charge in [-0.1, -0.05) is 19.1 Å². The first-order valence-corrected chi connectivity index (χ1v) is 7.03. The van der Waals surface area contributed by atoms with Gasteiger partial charge in [0, 0.05) is 24.7 Å². The largest absolute Gasteiger partial charge is 0.366 e. The molecular weight excluding hydrogens is 298 g/mol. The molecule has 0 radical (unpaired) electrons. The Morgan fingerprint density at radius 1 is 1.39 bits per heavy atom. The molecule has 0 aliphatic rings. The highest BCUT2D eigenvalue weighted by atomic mass is 16.7. The lowest BCUT2D eigenvalue weighted by Crippen LogP contribution is -2.36. The Bertz CT molecular complexity index is 601. The predicted octanol–water partition coefficient (Wildman–Crippen LogP) is 0.727. The lowest BCUT2D eigenvalue weighted by molar-refractivity contribution is -0.137. The number of likely N-dealkylation sites (N-methyl/N-ethyl adjacent to an activating group) is 1. The number of nitrogens with one attached hydrogen (secondary N) is 1. The molecule has 1 aromatic carbocycles. The first-order valence-electron chi connectivity index (χ1n) is 7.03. The molecule has 1 rings (SSSR count). The number of nitrogens with zero attached hydrogens (tertiary/aromatic N) is 1. The zero-order chi connectivity index (χ0) is 17.4. The summed E-state index contributed by atoms with van der Waals surface area (Å²) < 4.78 is 0. The van der Waals surface area contributed by atoms with Crippen molar-refractivity contribution in [1.29, 1.82) is 0 Å². The maximum Gasteiger partial charge on any atom is 0.274 e. The molecule has 0 saturated carbocycles. The van der Waals surface area contributed by atoms with Crippen LogP contribution in [0.5, 0.6) is 0 Å². The van der Waals surface area contributed by atoms with E-state index in [0.29, 0.717) is 6.54 Å². The topological polar surface area (TPSA) is 102 Å². The maximum atomic E-state index is 11.9. The van der Waals surface area contributed by atoms with E-state index in [-0.39, 0.29) is 29.6 Å². The van der Waals surface area contributed by atoms with E-state index in [1.165, 1.54) is 29.2 Å². The van der Waals surface area contributed by atoms with Gasteiger partial charge in [0.2, 0.25) is 5.91 Å². The van der Waals surface area contributed by atoms with Gasteiger partial charge in [0.1, 0.15) is 0 Å². The molecule has 1 aromatic rings. The molecule has 3 N–H and O–H groups in total. The molecule has 1 unspecified atom stereocenters. The van der Waals surface area contributed by atoms with Gasteiger partial charge in [0.05, 0.1) is 0 Å². The Kier molecular flexibility index (Phi) is 6.95. The molecule has 124 valence electrons. The summed E-state index contributed by atoms with van der Waals surface area (Å²) >= 11 is 0. The lowest BCUT2D eigenvalue weighted by Gasteiger charge is -2.19. The summed E-state index contributed by atoms with van der Waals surface area (Å²) in [5.41, 5.74) is 7.73. The van der Waals surface area contributed by atoms with Crippen molar-refractivity contribution in [3.63, 3.8) is 0 Å². The van der Waals surface area contributed by atoms with E-state index in [1.807, 2.05) is 6.92 Å². The molecule has 1 atom stereocenters. The zero-order valence-electron chi connectivity index (χ0n) is 13.2. The number of primary amides is 1. The average molecular weight is 319 g/mol. The minimum absolute atomic E-state index is 0.162. The van der Waals surface area contributed by atoms with Crippen molar-refractivity contribution in [2.45, 2.75) is 6.92 Å². The molecule has 3 amide bonds. The van der Waals surface area contributed by atoms with Gasteiger partial charge in [-0.2, -0.15) is 0 Å². The fourth-order valence-corrected chi connectivity index (χ4v) is 1.75. The van der Waals surface area contributed by atoms with Crippen molar-refractivity contribution < 1.29 is 19.2 Å². The molecule has 7 heteroatoms. The van der Waals surface area contributed by atoms with E-state index in [4.69, 9.17) is 10.6 Å². The van der Waals surface area contributed by atoms with Gasteiger partial charge in [0.25, 0.3) is 11.8 Å². The van der Waals surface area contributed by atoms with Crippen LogP contribution >= 0.6 is 0 Å². The molecule has 0 bridgehead atoms. The molecule has 0 heterocycles. The highest BCUT2D eigenvalue weighted by Gasteiger charge is 2.13. The van der Waals surface area contributed by atoms with E-state index in [2.05, 4.69) is 12.1 Å². The van der Waals surface area contributed by atoms with E-state index < -0.39 is 11.8 Å². The summed E-state index contributed by atoms with van der Waals surface area (Å²) in [6.07, 6.45) is 1.75. The normalized spacial score (nSPS) is 11.4. The SMILES string of the molecule is C=CC(C)CN(C)C(=O)CONC(=O)c1cccc(C(N)=O)c1. The summed E-state index contributed by atoms with van der Waals surface area (Å²) in [6, 6.07) is 5.88. The molecule has 0 spiro atoms. The number of rotatable bonds is 8. The Morgan fingerprint density at radius 3 is 2.65 bits per heavy atom. The van der Waals surface area contributed by atoms with E-state index in [1.54, 1.807) is 13.1 Å². The monoisotopic (exact) mass is 319 g/mol. The Morgan fingerprint density at radius 2 is 2.04 bits per heavy atom. The van der Waals surface area contributed by atoms with Crippen LogP contribution in [0.4, 0.5) is 0 Å². The van der Waals surface area contributed by atoms with Crippen molar-refractivity contribution in [3.05, 3.63) is 48.0 Å². The molecular formula is C16H21N3O4. The summed E-state index contributed by atoms with van der Waals surface area (Å²) in [6.45, 7) is 5.81. The summed E-state index contributed by atoms with van der Waals surface area (Å²) in [4.78, 5) is 41.2. The van der Waals surface area contributed by atoms with Gasteiger partial charge < -0.3 is 10.6 Å². The van der Waals surface area contributed by atoms with Crippen LogP contribution in [0, 0.1) is 5.92 Å². The second kappa shape index (κ2) is 8.70. The van der Waals surface area contributed by atoms with Crippen molar-refractivity contribution in [2.75, 3.05) is 20.2 Å². The highest BCUT2D eigenvalue weighted by molar-refractivity contribution is 5.98. The van der Waals surface area contributed by atoms with Crippen LogP contribution in [0.3, 0.4) is 0 Å². The molecule has 0 aliphatic heterocycles. The molecule has 0 aromatic heterocycles. The van der Waals surface area contributed by atoms with Gasteiger partial charge in [-0.3, -0.25) is 19.2 Å². The third kappa shape index (κ3) is 5.91. The summed E-state index contributed by atoms with van der Waals surface area (Å²) in [5.74, 6) is -1.31. The summed E-state index contributed by atoms with van der Waals surface area (Å²) in [7, 11) is 1.64. The van der Waals surface area contributed by atoms with Gasteiger partial charge in [-0.25, -0.2) is 5.48 Å². The van der Waals surface area contributed by atoms with Crippen LogP contribution in [0.15, 0.2) is 36.9 Å². The van der Waals surface area contributed by atoms with Gasteiger partial charge >= 0.3 is 0 Å². The number of nitrogens with two attached hydrogens (primary N) is 1. The molecule has 0 saturated heterocycles. The van der Waals surface area contributed by atoms with Crippen LogP contribution in [0.2, 0.25) is 0 Å². The average Bonchev–Trinajstić information content (AvgIpc) is 2.54. The Hall–Kier alpha value is -2.67. The van der Waals surface area contributed by atoms with Crippen molar-refractivity contribution >= 4 is 17.7 Å². The molecule has 0 fully saturated rings. The van der Waals surface area contributed by atoms with Crippen LogP contribution in [0.1, 0.15) is 27.6 Å². The highest BCUT2D eigenvalue weighted by Crippen LogP contribution is 2.04. The van der Waals surface area contributed by atoms with E-state index in [0.717, 1.165) is 0 Å². The van der Waals surface area contributed by atoms with Crippen molar-refractivity contribution in [1.82, 2.24) is 10.4 Å². The van der Waals surface area contributed by atoms with Crippen molar-refractivity contribution in [2.24, 2.45) is 11.7 Å². The van der Waals surface area contributed by atoms with Crippen LogP contribution in [0.25, 0.3) is 0 Å². The molecule has 23 heavy (non-hydrogen) atoms. The number of hydrogen-bond acceptors (Lipinski definition) is 4. The van der Waals surface area contributed by atoms with E-state index in [9.17, 15) is 14.4 Å². The van der Waals surface area contributed by atoms with Crippen molar-refractivity contribution in [3.8, 4) is 0 Å². The van der Waals surface area contributed by atoms with Gasteiger partial charge in [-0.15, -0.1) is 6.58 Å². The molecule has 0 aliphatic carbocycles. The Balaban J connectivity index is 2.47.